The minimum Gasteiger partial charge on any atom is -0.263 e. The molecule has 2 aromatic heterocycles. The molecule has 2 N–H and O–H groups in total. The molecule has 0 aliphatic carbocycles. The number of aryl methyl sites for hydroxylation is 1. The highest BCUT2D eigenvalue weighted by Gasteiger charge is 2.16. The van der Waals surface area contributed by atoms with Gasteiger partial charge in [-0.25, -0.2) is 23.1 Å². The van der Waals surface area contributed by atoms with Gasteiger partial charge in [-0.2, -0.15) is 5.10 Å². The van der Waals surface area contributed by atoms with Crippen molar-refractivity contribution in [3.05, 3.63) is 23.4 Å². The summed E-state index contributed by atoms with van der Waals surface area (Å²) >= 11 is 1.15. The first-order chi connectivity index (χ1) is 8.08. The van der Waals surface area contributed by atoms with Crippen molar-refractivity contribution in [2.24, 2.45) is 0 Å². The van der Waals surface area contributed by atoms with Crippen LogP contribution in [-0.4, -0.2) is 35.1 Å². The fraction of sp³-hybridized carbons (Fsp3) is 0.375. The first-order valence-corrected chi connectivity index (χ1v) is 7.14. The highest BCUT2D eigenvalue weighted by atomic mass is 32.2. The molecular formula is C8H11N5O2S2. The van der Waals surface area contributed by atoms with Crippen LogP contribution in [0, 0.1) is 6.92 Å². The maximum absolute atomic E-state index is 11.8. The SMILES string of the molecule is Cc1ncc(S(=O)(=O)NCCc2ncn[nH]2)s1. The molecule has 0 unspecified atom stereocenters. The molecule has 0 amide bonds. The van der Waals surface area contributed by atoms with Gasteiger partial charge >= 0.3 is 0 Å². The molecule has 0 bridgehead atoms. The van der Waals surface area contributed by atoms with Crippen LogP contribution >= 0.6 is 11.3 Å². The van der Waals surface area contributed by atoms with Gasteiger partial charge in [-0.15, -0.1) is 11.3 Å². The molecule has 0 fully saturated rings. The molecule has 2 heterocycles. The molecule has 0 aliphatic rings. The smallest absolute Gasteiger partial charge is 0.251 e. The van der Waals surface area contributed by atoms with Crippen molar-refractivity contribution in [2.75, 3.05) is 6.54 Å². The van der Waals surface area contributed by atoms with Gasteiger partial charge in [0.15, 0.2) is 4.21 Å². The Morgan fingerprint density at radius 2 is 2.29 bits per heavy atom. The van der Waals surface area contributed by atoms with Gasteiger partial charge in [-0.3, -0.25) is 5.10 Å². The average molecular weight is 273 g/mol. The van der Waals surface area contributed by atoms with Crippen LogP contribution < -0.4 is 4.72 Å². The Morgan fingerprint density at radius 3 is 2.88 bits per heavy atom. The molecule has 92 valence electrons. The number of nitrogens with one attached hydrogen (secondary N) is 2. The normalized spacial score (nSPS) is 11.8. The van der Waals surface area contributed by atoms with Crippen LogP contribution in [0.4, 0.5) is 0 Å². The van der Waals surface area contributed by atoms with E-state index in [9.17, 15) is 8.42 Å². The van der Waals surface area contributed by atoms with E-state index < -0.39 is 10.0 Å². The van der Waals surface area contributed by atoms with Crippen LogP contribution in [0.2, 0.25) is 0 Å². The molecule has 2 aromatic rings. The predicted octanol–water partition coefficient (Wildman–Crippen LogP) is 0.0906. The number of hydrogen-bond donors (Lipinski definition) is 2. The third-order valence-electron chi connectivity index (χ3n) is 1.98. The van der Waals surface area contributed by atoms with Crippen LogP contribution in [0.15, 0.2) is 16.7 Å². The van der Waals surface area contributed by atoms with Crippen molar-refractivity contribution >= 4 is 21.4 Å². The third kappa shape index (κ3) is 3.08. The van der Waals surface area contributed by atoms with Gasteiger partial charge in [0, 0.05) is 13.0 Å². The van der Waals surface area contributed by atoms with Crippen LogP contribution in [0.5, 0.6) is 0 Å². The summed E-state index contributed by atoms with van der Waals surface area (Å²) in [5.41, 5.74) is 0. The quantitative estimate of drug-likeness (QED) is 0.804. The van der Waals surface area contributed by atoms with E-state index in [4.69, 9.17) is 0 Å². The standard InChI is InChI=1S/C8H11N5O2S2/c1-6-9-4-8(16-6)17(14,15)12-3-2-7-10-5-11-13-7/h4-5,12H,2-3H2,1H3,(H,10,11,13). The van der Waals surface area contributed by atoms with Crippen LogP contribution in [0.1, 0.15) is 10.8 Å². The van der Waals surface area contributed by atoms with Gasteiger partial charge in [0.05, 0.1) is 11.2 Å². The van der Waals surface area contributed by atoms with E-state index in [2.05, 4.69) is 24.9 Å². The Hall–Kier alpha value is -1.32. The first-order valence-electron chi connectivity index (χ1n) is 4.84. The zero-order valence-corrected chi connectivity index (χ0v) is 10.7. The maximum atomic E-state index is 11.8. The summed E-state index contributed by atoms with van der Waals surface area (Å²) < 4.78 is 26.3. The summed E-state index contributed by atoms with van der Waals surface area (Å²) in [5, 5.41) is 7.06. The lowest BCUT2D eigenvalue weighted by Crippen LogP contribution is -2.25. The van der Waals surface area contributed by atoms with Gasteiger partial charge < -0.3 is 0 Å². The molecule has 0 spiro atoms. The van der Waals surface area contributed by atoms with Crippen molar-refractivity contribution in [1.82, 2.24) is 24.9 Å². The minimum absolute atomic E-state index is 0.229. The van der Waals surface area contributed by atoms with Crippen molar-refractivity contribution in [2.45, 2.75) is 17.6 Å². The second-order valence-electron chi connectivity index (χ2n) is 3.28. The Kier molecular flexibility index (Phi) is 3.50. The topological polar surface area (TPSA) is 101 Å². The molecular weight excluding hydrogens is 262 g/mol. The summed E-state index contributed by atoms with van der Waals surface area (Å²) in [7, 11) is -3.45. The summed E-state index contributed by atoms with van der Waals surface area (Å²) in [6, 6.07) is 0. The fourth-order valence-electron chi connectivity index (χ4n) is 1.19. The first kappa shape index (κ1) is 12.1. The predicted molar refractivity (Wildman–Crippen MR) is 62.1 cm³/mol. The molecule has 0 aromatic carbocycles. The van der Waals surface area contributed by atoms with E-state index in [1.807, 2.05) is 0 Å². The zero-order valence-electron chi connectivity index (χ0n) is 9.04. The molecule has 17 heavy (non-hydrogen) atoms. The van der Waals surface area contributed by atoms with E-state index in [0.29, 0.717) is 12.2 Å². The molecule has 0 saturated heterocycles. The monoisotopic (exact) mass is 273 g/mol. The summed E-state index contributed by atoms with van der Waals surface area (Å²) in [6.45, 7) is 2.03. The highest BCUT2D eigenvalue weighted by Crippen LogP contribution is 2.17. The molecule has 0 aliphatic heterocycles. The van der Waals surface area contributed by atoms with E-state index in [1.54, 1.807) is 6.92 Å². The van der Waals surface area contributed by atoms with Gasteiger partial charge in [0.2, 0.25) is 0 Å². The highest BCUT2D eigenvalue weighted by molar-refractivity contribution is 7.91. The molecule has 2 rings (SSSR count). The van der Waals surface area contributed by atoms with Crippen molar-refractivity contribution in [3.8, 4) is 0 Å². The lowest BCUT2D eigenvalue weighted by molar-refractivity contribution is 0.583. The number of sulfonamides is 1. The number of rotatable bonds is 5. The number of aromatic nitrogens is 4. The summed E-state index contributed by atoms with van der Waals surface area (Å²) in [6.07, 6.45) is 3.21. The van der Waals surface area contributed by atoms with E-state index in [0.717, 1.165) is 16.3 Å². The van der Waals surface area contributed by atoms with Crippen LogP contribution in [-0.2, 0) is 16.4 Å². The fourth-order valence-corrected chi connectivity index (χ4v) is 3.38. The van der Waals surface area contributed by atoms with Gasteiger partial charge in [-0.1, -0.05) is 0 Å². The van der Waals surface area contributed by atoms with Crippen LogP contribution in [0.3, 0.4) is 0 Å². The van der Waals surface area contributed by atoms with Gasteiger partial charge in [0.25, 0.3) is 10.0 Å². The molecule has 0 radical (unpaired) electrons. The average Bonchev–Trinajstić information content (AvgIpc) is 2.89. The molecule has 9 heteroatoms. The lowest BCUT2D eigenvalue weighted by atomic mass is 10.4. The Labute approximate surface area is 102 Å². The second kappa shape index (κ2) is 4.90. The third-order valence-corrected chi connectivity index (χ3v) is 4.82. The Balaban J connectivity index is 1.94. The number of aromatic amines is 1. The van der Waals surface area contributed by atoms with Crippen molar-refractivity contribution < 1.29 is 8.42 Å². The van der Waals surface area contributed by atoms with E-state index in [-0.39, 0.29) is 10.8 Å². The summed E-state index contributed by atoms with van der Waals surface area (Å²) in [5.74, 6) is 0.646. The lowest BCUT2D eigenvalue weighted by Gasteiger charge is -2.02. The van der Waals surface area contributed by atoms with Gasteiger partial charge in [0.1, 0.15) is 12.2 Å². The number of H-pyrrole nitrogens is 1. The second-order valence-corrected chi connectivity index (χ2v) is 6.51. The van der Waals surface area contributed by atoms with Gasteiger partial charge in [-0.05, 0) is 6.92 Å². The van der Waals surface area contributed by atoms with Crippen LogP contribution in [0.25, 0.3) is 0 Å². The number of hydrogen-bond acceptors (Lipinski definition) is 6. The number of nitrogens with zero attached hydrogens (tertiary/aromatic N) is 3. The van der Waals surface area contributed by atoms with E-state index in [1.165, 1.54) is 12.5 Å². The van der Waals surface area contributed by atoms with Crippen molar-refractivity contribution in [3.63, 3.8) is 0 Å². The molecule has 7 nitrogen and oxygen atoms in total. The largest absolute Gasteiger partial charge is 0.263 e. The zero-order chi connectivity index (χ0) is 12.3. The summed E-state index contributed by atoms with van der Waals surface area (Å²) in [4.78, 5) is 7.81. The number of thiazole rings is 1. The van der Waals surface area contributed by atoms with Crippen molar-refractivity contribution in [1.29, 1.82) is 0 Å². The molecule has 0 saturated carbocycles. The molecule has 0 atom stereocenters. The Bertz CT molecular complexity index is 575. The van der Waals surface area contributed by atoms with E-state index >= 15 is 0 Å². The maximum Gasteiger partial charge on any atom is 0.251 e. The minimum atomic E-state index is -3.45. The Morgan fingerprint density at radius 1 is 1.47 bits per heavy atom.